The average Bonchev–Trinajstić information content (AvgIpc) is 2.74. The average molecular weight is 531 g/mol. The topological polar surface area (TPSA) is 106 Å². The van der Waals surface area contributed by atoms with Crippen LogP contribution in [0.5, 0.6) is 0 Å². The maximum Gasteiger partial charge on any atom is 0.501 e. The van der Waals surface area contributed by atoms with Crippen molar-refractivity contribution < 1.29 is 31.3 Å². The summed E-state index contributed by atoms with van der Waals surface area (Å²) in [4.78, 5) is 20.8. The highest BCUT2D eigenvalue weighted by Crippen LogP contribution is 2.44. The summed E-state index contributed by atoms with van der Waals surface area (Å²) in [7, 11) is -5.91. The van der Waals surface area contributed by atoms with Crippen LogP contribution in [0.2, 0.25) is 5.02 Å². The number of nitrogens with one attached hydrogen (secondary N) is 1. The smallest absolute Gasteiger partial charge is 0.350 e. The van der Waals surface area contributed by atoms with E-state index in [4.69, 9.17) is 11.6 Å². The maximum absolute atomic E-state index is 13.3. The first kappa shape index (κ1) is 25.5. The zero-order chi connectivity index (χ0) is 25.3. The Morgan fingerprint density at radius 1 is 1.06 bits per heavy atom. The van der Waals surface area contributed by atoms with Gasteiger partial charge < -0.3 is 5.32 Å². The van der Waals surface area contributed by atoms with Crippen molar-refractivity contribution in [2.75, 3.05) is 5.32 Å². The number of nitro groups is 1. The molecule has 0 amide bonds. The predicted molar refractivity (Wildman–Crippen MR) is 122 cm³/mol. The summed E-state index contributed by atoms with van der Waals surface area (Å²) in [6.45, 7) is 1.35. The lowest BCUT2D eigenvalue weighted by Crippen LogP contribution is -2.24. The molecule has 0 unspecified atom stereocenters. The van der Waals surface area contributed by atoms with E-state index < -0.39 is 30.9 Å². The molecule has 0 aliphatic heterocycles. The number of sulfone groups is 1. The number of nitrogens with zero attached hydrogens (tertiary/aromatic N) is 1. The summed E-state index contributed by atoms with van der Waals surface area (Å²) >= 11 is 6.49. The Balaban J connectivity index is 2.18. The van der Waals surface area contributed by atoms with Gasteiger partial charge in [-0.15, -0.1) is 0 Å². The molecule has 0 aliphatic rings. The van der Waals surface area contributed by atoms with Crippen LogP contribution in [0.3, 0.4) is 0 Å². The molecule has 3 aromatic rings. The minimum absolute atomic E-state index is 0.208. The van der Waals surface area contributed by atoms with Gasteiger partial charge in [-0.1, -0.05) is 23.4 Å². The molecule has 0 aromatic heterocycles. The SMILES string of the molecule is CC(=O)c1ccc(Nc2cc(Sc3ccc(Cl)cc3)c(S(=O)(=O)C(F)(F)F)cc2[N+](=O)[O-])cc1. The summed E-state index contributed by atoms with van der Waals surface area (Å²) in [5.41, 5.74) is -6.11. The molecule has 0 fully saturated rings. The molecular weight excluding hydrogens is 517 g/mol. The Morgan fingerprint density at radius 2 is 1.65 bits per heavy atom. The Morgan fingerprint density at radius 3 is 2.15 bits per heavy atom. The van der Waals surface area contributed by atoms with Gasteiger partial charge >= 0.3 is 5.51 Å². The minimum atomic E-state index is -5.91. The second kappa shape index (κ2) is 9.65. The van der Waals surface area contributed by atoms with Gasteiger partial charge in [0, 0.05) is 32.1 Å². The fourth-order valence-corrected chi connectivity index (χ4v) is 5.07. The van der Waals surface area contributed by atoms with Crippen LogP contribution < -0.4 is 5.32 Å². The molecule has 3 aromatic carbocycles. The number of carbonyl (C=O) groups is 1. The first-order valence-corrected chi connectivity index (χ1v) is 11.9. The molecule has 0 heterocycles. The number of Topliss-reactive ketones (excluding diaryl/α,β-unsaturated/α-hetero) is 1. The summed E-state index contributed by atoms with van der Waals surface area (Å²) in [5.74, 6) is -0.208. The highest BCUT2D eigenvalue weighted by molar-refractivity contribution is 8.00. The molecule has 3 rings (SSSR count). The third-order valence-electron chi connectivity index (χ3n) is 4.46. The van der Waals surface area contributed by atoms with Gasteiger partial charge in [0.2, 0.25) is 0 Å². The van der Waals surface area contributed by atoms with Crippen molar-refractivity contribution in [1.29, 1.82) is 0 Å². The van der Waals surface area contributed by atoms with Gasteiger partial charge in [-0.25, -0.2) is 8.42 Å². The molecule has 34 heavy (non-hydrogen) atoms. The van der Waals surface area contributed by atoms with Crippen molar-refractivity contribution in [3.8, 4) is 0 Å². The summed E-state index contributed by atoms with van der Waals surface area (Å²) in [5, 5.41) is 14.7. The number of hydrogen-bond donors (Lipinski definition) is 1. The Labute approximate surface area is 201 Å². The zero-order valence-corrected chi connectivity index (χ0v) is 19.5. The van der Waals surface area contributed by atoms with Crippen LogP contribution in [-0.2, 0) is 9.84 Å². The van der Waals surface area contributed by atoms with Gasteiger partial charge in [0.25, 0.3) is 15.5 Å². The Hall–Kier alpha value is -3.09. The number of hydrogen-bond acceptors (Lipinski definition) is 7. The van der Waals surface area contributed by atoms with E-state index in [1.54, 1.807) is 0 Å². The third-order valence-corrected chi connectivity index (χ3v) is 7.44. The van der Waals surface area contributed by atoms with Crippen molar-refractivity contribution in [3.63, 3.8) is 0 Å². The fourth-order valence-electron chi connectivity index (χ4n) is 2.79. The molecular formula is C21H14ClF3N2O5S2. The lowest BCUT2D eigenvalue weighted by molar-refractivity contribution is -0.384. The number of alkyl halides is 3. The van der Waals surface area contributed by atoms with Crippen molar-refractivity contribution in [2.45, 2.75) is 27.1 Å². The lowest BCUT2D eigenvalue weighted by atomic mass is 10.1. The van der Waals surface area contributed by atoms with Gasteiger partial charge in [0.05, 0.1) is 9.82 Å². The number of nitro benzene ring substituents is 1. The number of halogens is 4. The van der Waals surface area contributed by atoms with E-state index >= 15 is 0 Å². The fraction of sp³-hybridized carbons (Fsp3) is 0.0952. The van der Waals surface area contributed by atoms with E-state index in [1.807, 2.05) is 0 Å². The van der Waals surface area contributed by atoms with E-state index in [0.717, 1.165) is 6.07 Å². The van der Waals surface area contributed by atoms with Crippen LogP contribution in [0, 0.1) is 10.1 Å². The van der Waals surface area contributed by atoms with Crippen LogP contribution in [0.4, 0.5) is 30.2 Å². The van der Waals surface area contributed by atoms with Crippen molar-refractivity contribution in [2.24, 2.45) is 0 Å². The maximum atomic E-state index is 13.3. The van der Waals surface area contributed by atoms with Crippen molar-refractivity contribution in [1.82, 2.24) is 0 Å². The van der Waals surface area contributed by atoms with Crippen LogP contribution in [0.25, 0.3) is 0 Å². The molecule has 0 bridgehead atoms. The van der Waals surface area contributed by atoms with Gasteiger partial charge in [-0.05, 0) is 61.5 Å². The lowest BCUT2D eigenvalue weighted by Gasteiger charge is -2.15. The zero-order valence-electron chi connectivity index (χ0n) is 17.1. The standard InChI is InChI=1S/C21H14ClF3N2O5S2/c1-12(28)13-2-6-15(7-3-13)26-17-10-19(33-16-8-4-14(22)5-9-16)20(11-18(17)27(29)30)34(31,32)21(23,24)25/h2-11,26H,1H3. The largest absolute Gasteiger partial charge is 0.501 e. The summed E-state index contributed by atoms with van der Waals surface area (Å²) < 4.78 is 64.5. The second-order valence-corrected chi connectivity index (χ2v) is 10.3. The van der Waals surface area contributed by atoms with Crippen LogP contribution in [0.15, 0.2) is 75.4 Å². The number of rotatable bonds is 7. The molecule has 0 atom stereocenters. The van der Waals surface area contributed by atoms with Gasteiger partial charge in [0.1, 0.15) is 5.69 Å². The first-order chi connectivity index (χ1) is 15.8. The molecule has 178 valence electrons. The number of anilines is 2. The van der Waals surface area contributed by atoms with Crippen LogP contribution >= 0.6 is 23.4 Å². The Bertz CT molecular complexity index is 1360. The van der Waals surface area contributed by atoms with E-state index in [-0.39, 0.29) is 16.4 Å². The van der Waals surface area contributed by atoms with Gasteiger partial charge in [-0.3, -0.25) is 14.9 Å². The molecule has 13 heteroatoms. The molecule has 7 nitrogen and oxygen atoms in total. The monoisotopic (exact) mass is 530 g/mol. The quantitative estimate of drug-likeness (QED) is 0.207. The van der Waals surface area contributed by atoms with Crippen LogP contribution in [0.1, 0.15) is 17.3 Å². The number of ketones is 1. The second-order valence-electron chi connectivity index (χ2n) is 6.84. The van der Waals surface area contributed by atoms with E-state index in [1.165, 1.54) is 55.5 Å². The van der Waals surface area contributed by atoms with Crippen molar-refractivity contribution >= 4 is 56.0 Å². The molecule has 0 saturated carbocycles. The summed E-state index contributed by atoms with van der Waals surface area (Å²) in [6.07, 6.45) is 0. The van der Waals surface area contributed by atoms with Crippen molar-refractivity contribution in [3.05, 3.63) is 81.4 Å². The predicted octanol–water partition coefficient (Wildman–Crippen LogP) is 6.64. The molecule has 1 N–H and O–H groups in total. The molecule has 0 radical (unpaired) electrons. The van der Waals surface area contributed by atoms with Gasteiger partial charge in [-0.2, -0.15) is 13.2 Å². The molecule has 0 spiro atoms. The minimum Gasteiger partial charge on any atom is -0.350 e. The third kappa shape index (κ3) is 5.51. The van der Waals surface area contributed by atoms with Crippen LogP contribution in [-0.4, -0.2) is 24.6 Å². The Kier molecular flexibility index (Phi) is 7.24. The number of benzene rings is 3. The normalized spacial score (nSPS) is 11.8. The van der Waals surface area contributed by atoms with E-state index in [2.05, 4.69) is 5.32 Å². The molecule has 0 saturated heterocycles. The summed E-state index contributed by atoms with van der Waals surface area (Å²) in [6, 6.07) is 13.0. The highest BCUT2D eigenvalue weighted by Gasteiger charge is 2.49. The highest BCUT2D eigenvalue weighted by atomic mass is 35.5. The van der Waals surface area contributed by atoms with E-state index in [9.17, 15) is 36.5 Å². The van der Waals surface area contributed by atoms with Gasteiger partial charge in [0.15, 0.2) is 5.78 Å². The number of carbonyl (C=O) groups excluding carboxylic acids is 1. The first-order valence-electron chi connectivity index (χ1n) is 9.25. The molecule has 0 aliphatic carbocycles. The van der Waals surface area contributed by atoms with E-state index in [0.29, 0.717) is 39.0 Å².